The maximum absolute atomic E-state index is 5.39. The van der Waals surface area contributed by atoms with Gasteiger partial charge < -0.3 is 4.74 Å². The Morgan fingerprint density at radius 1 is 1.21 bits per heavy atom. The van der Waals surface area contributed by atoms with Crippen LogP contribution in [-0.4, -0.2) is 12.7 Å². The first-order valence-corrected chi connectivity index (χ1v) is 4.64. The minimum Gasteiger partial charge on any atom is -0.374 e. The summed E-state index contributed by atoms with van der Waals surface area (Å²) < 4.78 is 5.39. The molecular formula is C13H12O. The fourth-order valence-electron chi connectivity index (χ4n) is 1.11. The second kappa shape index (κ2) is 6.85. The molecule has 0 radical (unpaired) electrons. The van der Waals surface area contributed by atoms with E-state index in [-0.39, 0.29) is 6.10 Å². The summed E-state index contributed by atoms with van der Waals surface area (Å²) in [5.74, 6) is 16.0. The molecule has 0 amide bonds. The van der Waals surface area contributed by atoms with Gasteiger partial charge >= 0.3 is 0 Å². The number of rotatable bonds is 1. The Kier molecular flexibility index (Phi) is 5.12. The van der Waals surface area contributed by atoms with Gasteiger partial charge in [-0.15, -0.1) is 0 Å². The van der Waals surface area contributed by atoms with Crippen molar-refractivity contribution in [2.45, 2.75) is 25.9 Å². The molecule has 14 heavy (non-hydrogen) atoms. The average Bonchev–Trinajstić information content (AvgIpc) is 2.69. The fourth-order valence-corrected chi connectivity index (χ4v) is 1.11. The van der Waals surface area contributed by atoms with E-state index < -0.39 is 0 Å². The lowest BCUT2D eigenvalue weighted by Gasteiger charge is -1.98. The lowest BCUT2D eigenvalue weighted by Crippen LogP contribution is -1.98. The molecule has 1 nitrogen and oxygen atoms in total. The molecule has 0 saturated carbocycles. The smallest absolute Gasteiger partial charge is 0.0765 e. The standard InChI is InChI=1S/C13H12O/c1-2-3-4-5-6-7-8-10-13-11-9-12-14-13/h8,10,13H,9,11-12H2,1H3/b10-8-/t13-/m1/s1. The van der Waals surface area contributed by atoms with Crippen LogP contribution < -0.4 is 0 Å². The van der Waals surface area contributed by atoms with E-state index in [2.05, 4.69) is 35.5 Å². The number of hydrogen-bond donors (Lipinski definition) is 0. The van der Waals surface area contributed by atoms with Gasteiger partial charge in [-0.25, -0.2) is 0 Å². The highest BCUT2D eigenvalue weighted by molar-refractivity contribution is 5.37. The number of allylic oxidation sites excluding steroid dienone is 1. The molecule has 0 aromatic heterocycles. The van der Waals surface area contributed by atoms with Crippen LogP contribution in [0.4, 0.5) is 0 Å². The topological polar surface area (TPSA) is 9.23 Å². The first-order chi connectivity index (χ1) is 6.93. The van der Waals surface area contributed by atoms with Crippen molar-refractivity contribution < 1.29 is 4.74 Å². The van der Waals surface area contributed by atoms with Crippen LogP contribution in [0.15, 0.2) is 12.2 Å². The van der Waals surface area contributed by atoms with Gasteiger partial charge in [0.05, 0.1) is 6.10 Å². The summed E-state index contributed by atoms with van der Waals surface area (Å²) in [5, 5.41) is 0. The lowest BCUT2D eigenvalue weighted by atomic mass is 10.2. The molecule has 1 aliphatic rings. The van der Waals surface area contributed by atoms with Crippen molar-refractivity contribution in [3.05, 3.63) is 12.2 Å². The first-order valence-electron chi connectivity index (χ1n) is 4.64. The Hall–Kier alpha value is -1.62. The SMILES string of the molecule is CC#CC#CC#C/C=C\[C@@H]1CCCO1. The summed E-state index contributed by atoms with van der Waals surface area (Å²) in [6.45, 7) is 2.62. The quantitative estimate of drug-likeness (QED) is 0.564. The van der Waals surface area contributed by atoms with E-state index in [9.17, 15) is 0 Å². The highest BCUT2D eigenvalue weighted by atomic mass is 16.5. The van der Waals surface area contributed by atoms with Gasteiger partial charge in [-0.2, -0.15) is 0 Å². The molecule has 1 heterocycles. The van der Waals surface area contributed by atoms with Gasteiger partial charge in [-0.3, -0.25) is 0 Å². The molecule has 0 aliphatic carbocycles. The number of ether oxygens (including phenoxy) is 1. The van der Waals surface area contributed by atoms with Crippen molar-refractivity contribution in [3.63, 3.8) is 0 Å². The van der Waals surface area contributed by atoms with Crippen LogP contribution in [0.1, 0.15) is 19.8 Å². The van der Waals surface area contributed by atoms with Gasteiger partial charge in [0.1, 0.15) is 0 Å². The first kappa shape index (κ1) is 10.5. The highest BCUT2D eigenvalue weighted by Gasteiger charge is 2.10. The van der Waals surface area contributed by atoms with Crippen LogP contribution in [0.5, 0.6) is 0 Å². The zero-order valence-electron chi connectivity index (χ0n) is 8.26. The van der Waals surface area contributed by atoms with Crippen LogP contribution in [0.25, 0.3) is 0 Å². The molecule has 0 N–H and O–H groups in total. The Labute approximate surface area is 85.5 Å². The third kappa shape index (κ3) is 4.42. The van der Waals surface area contributed by atoms with Gasteiger partial charge in [-0.1, -0.05) is 11.8 Å². The Morgan fingerprint density at radius 2 is 2.07 bits per heavy atom. The molecule has 1 atom stereocenters. The molecule has 1 rings (SSSR count). The maximum Gasteiger partial charge on any atom is 0.0765 e. The molecule has 0 aromatic carbocycles. The van der Waals surface area contributed by atoms with E-state index in [0.717, 1.165) is 19.4 Å². The molecule has 0 bridgehead atoms. The second-order valence-electron chi connectivity index (χ2n) is 2.80. The van der Waals surface area contributed by atoms with E-state index in [1.807, 2.05) is 6.08 Å². The zero-order chi connectivity index (χ0) is 10.1. The Bertz CT molecular complexity index is 365. The van der Waals surface area contributed by atoms with Crippen molar-refractivity contribution in [1.29, 1.82) is 0 Å². The van der Waals surface area contributed by atoms with E-state index in [1.54, 1.807) is 13.0 Å². The molecule has 0 spiro atoms. The molecule has 0 aromatic rings. The van der Waals surface area contributed by atoms with E-state index in [4.69, 9.17) is 4.74 Å². The molecule has 1 fully saturated rings. The summed E-state index contributed by atoms with van der Waals surface area (Å²) >= 11 is 0. The van der Waals surface area contributed by atoms with Crippen LogP contribution in [-0.2, 0) is 4.74 Å². The molecule has 1 saturated heterocycles. The van der Waals surface area contributed by atoms with Gasteiger partial charge in [0, 0.05) is 6.61 Å². The third-order valence-electron chi connectivity index (χ3n) is 1.74. The monoisotopic (exact) mass is 184 g/mol. The van der Waals surface area contributed by atoms with Crippen molar-refractivity contribution in [2.24, 2.45) is 0 Å². The van der Waals surface area contributed by atoms with Crippen molar-refractivity contribution in [3.8, 4) is 35.5 Å². The van der Waals surface area contributed by atoms with E-state index >= 15 is 0 Å². The fraction of sp³-hybridized carbons (Fsp3) is 0.385. The minimum absolute atomic E-state index is 0.257. The Morgan fingerprint density at radius 3 is 2.79 bits per heavy atom. The van der Waals surface area contributed by atoms with E-state index in [1.165, 1.54) is 0 Å². The zero-order valence-corrected chi connectivity index (χ0v) is 8.26. The predicted octanol–water partition coefficient (Wildman–Crippen LogP) is 1.75. The van der Waals surface area contributed by atoms with Gasteiger partial charge in [0.25, 0.3) is 0 Å². The maximum atomic E-state index is 5.39. The lowest BCUT2D eigenvalue weighted by molar-refractivity contribution is 0.145. The average molecular weight is 184 g/mol. The summed E-state index contributed by atoms with van der Waals surface area (Å²) in [5.41, 5.74) is 0. The van der Waals surface area contributed by atoms with Crippen molar-refractivity contribution in [2.75, 3.05) is 6.61 Å². The molecular weight excluding hydrogens is 172 g/mol. The van der Waals surface area contributed by atoms with Crippen molar-refractivity contribution in [1.82, 2.24) is 0 Å². The van der Waals surface area contributed by atoms with Gasteiger partial charge in [-0.05, 0) is 55.6 Å². The molecule has 1 aliphatic heterocycles. The highest BCUT2D eigenvalue weighted by Crippen LogP contribution is 2.12. The summed E-state index contributed by atoms with van der Waals surface area (Å²) in [7, 11) is 0. The number of hydrogen-bond acceptors (Lipinski definition) is 1. The predicted molar refractivity (Wildman–Crippen MR) is 57.1 cm³/mol. The summed E-state index contributed by atoms with van der Waals surface area (Å²) in [6.07, 6.45) is 6.28. The molecule has 1 heteroatoms. The second-order valence-corrected chi connectivity index (χ2v) is 2.80. The minimum atomic E-state index is 0.257. The normalized spacial score (nSPS) is 18.8. The van der Waals surface area contributed by atoms with Crippen LogP contribution in [0, 0.1) is 35.5 Å². The van der Waals surface area contributed by atoms with E-state index in [0.29, 0.717) is 0 Å². The Balaban J connectivity index is 2.30. The van der Waals surface area contributed by atoms with Crippen molar-refractivity contribution >= 4 is 0 Å². The third-order valence-corrected chi connectivity index (χ3v) is 1.74. The van der Waals surface area contributed by atoms with Crippen LogP contribution in [0.3, 0.4) is 0 Å². The molecule has 0 unspecified atom stereocenters. The van der Waals surface area contributed by atoms with Crippen LogP contribution >= 0.6 is 0 Å². The van der Waals surface area contributed by atoms with Gasteiger partial charge in [0.15, 0.2) is 0 Å². The largest absolute Gasteiger partial charge is 0.374 e. The summed E-state index contributed by atoms with van der Waals surface area (Å²) in [6, 6.07) is 0. The summed E-state index contributed by atoms with van der Waals surface area (Å²) in [4.78, 5) is 0. The van der Waals surface area contributed by atoms with Crippen LogP contribution in [0.2, 0.25) is 0 Å². The van der Waals surface area contributed by atoms with Gasteiger partial charge in [0.2, 0.25) is 0 Å². The molecule has 70 valence electrons.